The van der Waals surface area contributed by atoms with Crippen molar-refractivity contribution >= 4 is 34.7 Å². The molecule has 0 aliphatic carbocycles. The van der Waals surface area contributed by atoms with Gasteiger partial charge in [0.1, 0.15) is 4.88 Å². The topological polar surface area (TPSA) is 84.0 Å². The molecule has 0 atom stereocenters. The van der Waals surface area contributed by atoms with Crippen molar-refractivity contribution < 1.29 is 9.59 Å². The minimum absolute atomic E-state index is 0.197. The zero-order valence-electron chi connectivity index (χ0n) is 14.4. The molecular formula is C19H18N4O2S. The molecule has 2 amide bonds. The average molecular weight is 366 g/mol. The summed E-state index contributed by atoms with van der Waals surface area (Å²) in [5, 5.41) is 9.73. The Morgan fingerprint density at radius 1 is 0.962 bits per heavy atom. The fourth-order valence-electron chi connectivity index (χ4n) is 2.48. The summed E-state index contributed by atoms with van der Waals surface area (Å²) in [6, 6.07) is 14.4. The minimum Gasteiger partial charge on any atom is -0.322 e. The molecule has 7 heteroatoms. The van der Waals surface area contributed by atoms with E-state index < -0.39 is 0 Å². The number of benzene rings is 2. The van der Waals surface area contributed by atoms with Gasteiger partial charge in [0.25, 0.3) is 11.8 Å². The predicted octanol–water partition coefficient (Wildman–Crippen LogP) is 3.91. The number of nitrogens with zero attached hydrogens (tertiary/aromatic N) is 2. The van der Waals surface area contributed by atoms with Gasteiger partial charge in [0.15, 0.2) is 0 Å². The Kier molecular flexibility index (Phi) is 5.38. The molecule has 2 N–H and O–H groups in total. The maximum Gasteiger partial charge on any atom is 0.269 e. The number of aromatic nitrogens is 2. The average Bonchev–Trinajstić information content (AvgIpc) is 3.14. The third kappa shape index (κ3) is 3.78. The minimum atomic E-state index is -0.244. The molecule has 0 saturated heterocycles. The van der Waals surface area contributed by atoms with E-state index in [1.54, 1.807) is 30.3 Å². The largest absolute Gasteiger partial charge is 0.322 e. The summed E-state index contributed by atoms with van der Waals surface area (Å²) in [6.07, 6.45) is 0.644. The molecule has 1 aromatic heterocycles. The third-order valence-electron chi connectivity index (χ3n) is 3.96. The Balaban J connectivity index is 1.79. The Bertz CT molecular complexity index is 938. The van der Waals surface area contributed by atoms with Crippen LogP contribution in [0.2, 0.25) is 0 Å². The quantitative estimate of drug-likeness (QED) is 0.717. The molecule has 0 saturated carbocycles. The van der Waals surface area contributed by atoms with Gasteiger partial charge in [-0.3, -0.25) is 9.59 Å². The molecule has 26 heavy (non-hydrogen) atoms. The van der Waals surface area contributed by atoms with Crippen molar-refractivity contribution in [2.24, 2.45) is 0 Å². The summed E-state index contributed by atoms with van der Waals surface area (Å²) in [7, 11) is 0. The third-order valence-corrected chi connectivity index (χ3v) is 4.73. The van der Waals surface area contributed by atoms with Gasteiger partial charge in [0.2, 0.25) is 0 Å². The molecule has 2 aromatic carbocycles. The highest BCUT2D eigenvalue weighted by molar-refractivity contribution is 7.08. The van der Waals surface area contributed by atoms with Gasteiger partial charge in [0.05, 0.1) is 5.69 Å². The predicted molar refractivity (Wildman–Crippen MR) is 103 cm³/mol. The smallest absolute Gasteiger partial charge is 0.269 e. The number of amides is 2. The van der Waals surface area contributed by atoms with Crippen molar-refractivity contribution in [1.29, 1.82) is 0 Å². The van der Waals surface area contributed by atoms with E-state index >= 15 is 0 Å². The van der Waals surface area contributed by atoms with Crippen LogP contribution in [0.5, 0.6) is 0 Å². The van der Waals surface area contributed by atoms with E-state index in [0.29, 0.717) is 33.9 Å². The maximum absolute atomic E-state index is 12.5. The summed E-state index contributed by atoms with van der Waals surface area (Å²) in [5.41, 5.74) is 3.31. The number of carbonyl (C=O) groups is 2. The monoisotopic (exact) mass is 366 g/mol. The molecule has 0 aliphatic heterocycles. The second kappa shape index (κ2) is 7.88. The van der Waals surface area contributed by atoms with Crippen molar-refractivity contribution in [1.82, 2.24) is 9.59 Å². The molecule has 0 aliphatic rings. The summed E-state index contributed by atoms with van der Waals surface area (Å²) >= 11 is 1.08. The first-order valence-electron chi connectivity index (χ1n) is 8.18. The van der Waals surface area contributed by atoms with Gasteiger partial charge < -0.3 is 10.6 Å². The highest BCUT2D eigenvalue weighted by Gasteiger charge is 2.17. The summed E-state index contributed by atoms with van der Waals surface area (Å²) in [5.74, 6) is -0.441. The SMILES string of the molecule is CCc1nnsc1C(=O)Nc1cccc(NC(=O)c2ccccc2)c1C. The van der Waals surface area contributed by atoms with Crippen LogP contribution < -0.4 is 10.6 Å². The number of hydrogen-bond donors (Lipinski definition) is 2. The van der Waals surface area contributed by atoms with Gasteiger partial charge in [-0.25, -0.2) is 0 Å². The molecule has 0 bridgehead atoms. The Morgan fingerprint density at radius 2 is 1.62 bits per heavy atom. The van der Waals surface area contributed by atoms with Crippen LogP contribution in [0.3, 0.4) is 0 Å². The molecule has 0 radical (unpaired) electrons. The lowest BCUT2D eigenvalue weighted by molar-refractivity contribution is 0.102. The molecular weight excluding hydrogens is 348 g/mol. The van der Waals surface area contributed by atoms with Gasteiger partial charge >= 0.3 is 0 Å². The van der Waals surface area contributed by atoms with E-state index in [1.807, 2.05) is 32.0 Å². The Labute approximate surface area is 155 Å². The van der Waals surface area contributed by atoms with Crippen molar-refractivity contribution in [3.63, 3.8) is 0 Å². The maximum atomic E-state index is 12.5. The van der Waals surface area contributed by atoms with Crippen LogP contribution >= 0.6 is 11.5 Å². The molecule has 1 heterocycles. The zero-order chi connectivity index (χ0) is 18.5. The fraction of sp³-hybridized carbons (Fsp3) is 0.158. The number of hydrogen-bond acceptors (Lipinski definition) is 5. The van der Waals surface area contributed by atoms with Crippen LogP contribution in [0.4, 0.5) is 11.4 Å². The van der Waals surface area contributed by atoms with Gasteiger partial charge in [-0.1, -0.05) is 35.7 Å². The van der Waals surface area contributed by atoms with Crippen LogP contribution in [0.1, 0.15) is 38.2 Å². The van der Waals surface area contributed by atoms with E-state index in [2.05, 4.69) is 20.2 Å². The Hall–Kier alpha value is -3.06. The normalized spacial score (nSPS) is 10.4. The number of aryl methyl sites for hydroxylation is 1. The molecule has 0 spiro atoms. The van der Waals surface area contributed by atoms with Crippen molar-refractivity contribution in [3.8, 4) is 0 Å². The molecule has 3 aromatic rings. The molecule has 3 rings (SSSR count). The van der Waals surface area contributed by atoms with Crippen LogP contribution in [-0.4, -0.2) is 21.4 Å². The molecule has 132 valence electrons. The Morgan fingerprint density at radius 3 is 2.27 bits per heavy atom. The first-order valence-corrected chi connectivity index (χ1v) is 8.96. The summed E-state index contributed by atoms with van der Waals surface area (Å²) in [4.78, 5) is 25.4. The summed E-state index contributed by atoms with van der Waals surface area (Å²) in [6.45, 7) is 3.78. The van der Waals surface area contributed by atoms with Gasteiger partial charge in [-0.05, 0) is 54.7 Å². The molecule has 0 fully saturated rings. The highest BCUT2D eigenvalue weighted by Crippen LogP contribution is 2.25. The standard InChI is InChI=1S/C19H18N4O2S/c1-3-14-17(26-23-22-14)19(25)21-16-11-7-10-15(12(16)2)20-18(24)13-8-5-4-6-9-13/h4-11H,3H2,1-2H3,(H,20,24)(H,21,25). The van der Waals surface area contributed by atoms with Crippen LogP contribution in [0.25, 0.3) is 0 Å². The zero-order valence-corrected chi connectivity index (χ0v) is 15.3. The number of rotatable bonds is 5. The summed E-state index contributed by atoms with van der Waals surface area (Å²) < 4.78 is 3.84. The van der Waals surface area contributed by atoms with Crippen LogP contribution in [-0.2, 0) is 6.42 Å². The van der Waals surface area contributed by atoms with E-state index in [9.17, 15) is 9.59 Å². The van der Waals surface area contributed by atoms with Gasteiger partial charge in [-0.2, -0.15) is 0 Å². The van der Waals surface area contributed by atoms with Crippen LogP contribution in [0, 0.1) is 6.92 Å². The highest BCUT2D eigenvalue weighted by atomic mass is 32.1. The van der Waals surface area contributed by atoms with Crippen molar-refractivity contribution in [3.05, 3.63) is 70.2 Å². The number of anilines is 2. The molecule has 0 unspecified atom stereocenters. The van der Waals surface area contributed by atoms with Crippen molar-refractivity contribution in [2.75, 3.05) is 10.6 Å². The second-order valence-corrected chi connectivity index (χ2v) is 6.41. The fourth-order valence-corrected chi connectivity index (χ4v) is 3.13. The molecule has 6 nitrogen and oxygen atoms in total. The van der Waals surface area contributed by atoms with Gasteiger partial charge in [0, 0.05) is 16.9 Å². The van der Waals surface area contributed by atoms with E-state index in [0.717, 1.165) is 17.1 Å². The lowest BCUT2D eigenvalue weighted by Crippen LogP contribution is -2.16. The van der Waals surface area contributed by atoms with E-state index in [4.69, 9.17) is 0 Å². The van der Waals surface area contributed by atoms with Gasteiger partial charge in [-0.15, -0.1) is 5.10 Å². The first kappa shape index (κ1) is 17.8. The van der Waals surface area contributed by atoms with Crippen LogP contribution in [0.15, 0.2) is 48.5 Å². The first-order chi connectivity index (χ1) is 12.6. The second-order valence-electron chi connectivity index (χ2n) is 5.65. The van der Waals surface area contributed by atoms with Crippen molar-refractivity contribution in [2.45, 2.75) is 20.3 Å². The lowest BCUT2D eigenvalue weighted by atomic mass is 10.1. The van der Waals surface area contributed by atoms with E-state index in [1.165, 1.54) is 0 Å². The lowest BCUT2D eigenvalue weighted by Gasteiger charge is -2.13. The number of carbonyl (C=O) groups excluding carboxylic acids is 2. The number of nitrogens with one attached hydrogen (secondary N) is 2. The van der Waals surface area contributed by atoms with E-state index in [-0.39, 0.29) is 11.8 Å².